The molecular formula is C22H24N2O5. The molecule has 2 aromatic rings. The maximum absolute atomic E-state index is 13.2. The molecule has 1 fully saturated rings. The maximum atomic E-state index is 13.2. The Bertz CT molecular complexity index is 971. The van der Waals surface area contributed by atoms with E-state index in [4.69, 9.17) is 9.47 Å². The number of urea groups is 1. The minimum Gasteiger partial charge on any atom is -0.496 e. The molecule has 1 aliphatic rings. The Morgan fingerprint density at radius 2 is 1.69 bits per heavy atom. The Hall–Kier alpha value is -3.35. The van der Waals surface area contributed by atoms with Gasteiger partial charge < -0.3 is 14.8 Å². The molecule has 7 nitrogen and oxygen atoms in total. The first-order chi connectivity index (χ1) is 13.8. The number of methoxy groups -OCH3 is 2. The zero-order valence-electron chi connectivity index (χ0n) is 16.9. The van der Waals surface area contributed by atoms with Gasteiger partial charge in [0.2, 0.25) is 0 Å². The summed E-state index contributed by atoms with van der Waals surface area (Å²) in [5.41, 5.74) is 0.802. The molecule has 1 aliphatic heterocycles. The number of hydrogen-bond donors (Lipinski definition) is 1. The highest BCUT2D eigenvalue weighted by Crippen LogP contribution is 2.30. The van der Waals surface area contributed by atoms with E-state index in [1.165, 1.54) is 14.0 Å². The van der Waals surface area contributed by atoms with Gasteiger partial charge in [-0.1, -0.05) is 18.2 Å². The number of imide groups is 1. The fourth-order valence-corrected chi connectivity index (χ4v) is 3.53. The maximum Gasteiger partial charge on any atom is 0.325 e. The first kappa shape index (κ1) is 20.4. The van der Waals surface area contributed by atoms with Crippen LogP contribution in [0.5, 0.6) is 11.5 Å². The third kappa shape index (κ3) is 3.94. The number of Topliss-reactive ketones (excluding diaryl/α,β-unsaturated/α-hetero) is 1. The number of para-hydroxylation sites is 1. The van der Waals surface area contributed by atoms with Crippen molar-refractivity contribution in [3.8, 4) is 11.5 Å². The monoisotopic (exact) mass is 396 g/mol. The summed E-state index contributed by atoms with van der Waals surface area (Å²) in [5, 5.41) is 2.80. The molecule has 1 heterocycles. The predicted octanol–water partition coefficient (Wildman–Crippen LogP) is 2.96. The van der Waals surface area contributed by atoms with Crippen LogP contribution in [0.3, 0.4) is 0 Å². The molecule has 3 rings (SSSR count). The third-order valence-corrected chi connectivity index (χ3v) is 5.10. The molecule has 1 N–H and O–H groups in total. The summed E-state index contributed by atoms with van der Waals surface area (Å²) in [6.45, 7) is 3.17. The summed E-state index contributed by atoms with van der Waals surface area (Å²) in [7, 11) is 3.07. The van der Waals surface area contributed by atoms with Gasteiger partial charge in [0.1, 0.15) is 17.0 Å². The molecule has 0 aromatic heterocycles. The number of nitrogens with one attached hydrogen (secondary N) is 1. The van der Waals surface area contributed by atoms with Crippen LogP contribution in [-0.4, -0.2) is 42.4 Å². The average molecular weight is 396 g/mol. The standard InChI is InChI=1S/C22H24N2O5/c1-14(25)15-9-10-19(29-4)17(11-15)13-24-20(26)22(2,23-21(24)27)12-16-7-5-6-8-18(16)28-3/h5-11H,12-13H2,1-4H3,(H,23,27)/t22-/m0/s1. The number of rotatable bonds is 7. The third-order valence-electron chi connectivity index (χ3n) is 5.10. The van der Waals surface area contributed by atoms with Crippen LogP contribution >= 0.6 is 0 Å². The summed E-state index contributed by atoms with van der Waals surface area (Å²) >= 11 is 0. The van der Waals surface area contributed by atoms with E-state index in [2.05, 4.69) is 5.32 Å². The van der Waals surface area contributed by atoms with E-state index in [0.717, 1.165) is 10.5 Å². The molecule has 0 spiro atoms. The number of ether oxygens (including phenoxy) is 2. The van der Waals surface area contributed by atoms with Crippen LogP contribution in [0, 0.1) is 0 Å². The lowest BCUT2D eigenvalue weighted by Gasteiger charge is -2.23. The number of hydrogen-bond acceptors (Lipinski definition) is 5. The zero-order valence-corrected chi connectivity index (χ0v) is 16.9. The molecular weight excluding hydrogens is 372 g/mol. The first-order valence-corrected chi connectivity index (χ1v) is 9.23. The zero-order chi connectivity index (χ0) is 21.2. The Kier molecular flexibility index (Phi) is 5.59. The summed E-state index contributed by atoms with van der Waals surface area (Å²) < 4.78 is 10.7. The number of ketones is 1. The second-order valence-electron chi connectivity index (χ2n) is 7.22. The van der Waals surface area contributed by atoms with E-state index in [1.54, 1.807) is 32.2 Å². The van der Waals surface area contributed by atoms with Gasteiger partial charge in [-0.3, -0.25) is 14.5 Å². The second kappa shape index (κ2) is 7.95. The van der Waals surface area contributed by atoms with Crippen molar-refractivity contribution in [1.29, 1.82) is 0 Å². The lowest BCUT2D eigenvalue weighted by molar-refractivity contribution is -0.131. The van der Waals surface area contributed by atoms with Gasteiger partial charge in [0, 0.05) is 17.5 Å². The average Bonchev–Trinajstić information content (AvgIpc) is 2.91. The molecule has 1 saturated heterocycles. The molecule has 29 heavy (non-hydrogen) atoms. The van der Waals surface area contributed by atoms with E-state index >= 15 is 0 Å². The molecule has 7 heteroatoms. The minimum atomic E-state index is -1.10. The van der Waals surface area contributed by atoms with E-state index in [0.29, 0.717) is 29.0 Å². The second-order valence-corrected chi connectivity index (χ2v) is 7.22. The van der Waals surface area contributed by atoms with E-state index in [1.807, 2.05) is 24.3 Å². The molecule has 1 atom stereocenters. The van der Waals surface area contributed by atoms with Crippen LogP contribution in [0.25, 0.3) is 0 Å². The Morgan fingerprint density at radius 3 is 2.34 bits per heavy atom. The summed E-state index contributed by atoms with van der Waals surface area (Å²) in [6.07, 6.45) is 0.294. The van der Waals surface area contributed by atoms with Crippen molar-refractivity contribution < 1.29 is 23.9 Å². The summed E-state index contributed by atoms with van der Waals surface area (Å²) in [6, 6.07) is 11.9. The van der Waals surface area contributed by atoms with E-state index < -0.39 is 11.6 Å². The molecule has 2 aromatic carbocycles. The summed E-state index contributed by atoms with van der Waals surface area (Å²) in [4.78, 5) is 38.6. The summed E-state index contributed by atoms with van der Waals surface area (Å²) in [5.74, 6) is 0.717. The molecule has 0 saturated carbocycles. The normalized spacial score (nSPS) is 18.6. The highest BCUT2D eigenvalue weighted by atomic mass is 16.5. The van der Waals surface area contributed by atoms with Crippen LogP contribution in [0.2, 0.25) is 0 Å². The number of benzene rings is 2. The largest absolute Gasteiger partial charge is 0.496 e. The number of amides is 3. The molecule has 0 unspecified atom stereocenters. The number of carbonyl (C=O) groups excluding carboxylic acids is 3. The smallest absolute Gasteiger partial charge is 0.325 e. The van der Waals surface area contributed by atoms with Crippen molar-refractivity contribution in [3.63, 3.8) is 0 Å². The van der Waals surface area contributed by atoms with Crippen LogP contribution in [0.15, 0.2) is 42.5 Å². The predicted molar refractivity (Wildman–Crippen MR) is 107 cm³/mol. The number of carbonyl (C=O) groups is 3. The van der Waals surface area contributed by atoms with Crippen LogP contribution in [0.1, 0.15) is 35.3 Å². The van der Waals surface area contributed by atoms with Gasteiger partial charge in [-0.15, -0.1) is 0 Å². The topological polar surface area (TPSA) is 84.9 Å². The fraction of sp³-hybridized carbons (Fsp3) is 0.318. The van der Waals surface area contributed by atoms with Crippen molar-refractivity contribution in [2.75, 3.05) is 14.2 Å². The highest BCUT2D eigenvalue weighted by molar-refractivity contribution is 6.07. The molecule has 152 valence electrons. The van der Waals surface area contributed by atoms with Crippen LogP contribution in [-0.2, 0) is 17.8 Å². The van der Waals surface area contributed by atoms with Crippen LogP contribution < -0.4 is 14.8 Å². The van der Waals surface area contributed by atoms with Crippen molar-refractivity contribution in [2.24, 2.45) is 0 Å². The molecule has 3 amide bonds. The van der Waals surface area contributed by atoms with Crippen molar-refractivity contribution >= 4 is 17.7 Å². The molecule has 0 aliphatic carbocycles. The number of nitrogens with zero attached hydrogens (tertiary/aromatic N) is 1. The van der Waals surface area contributed by atoms with Gasteiger partial charge in [0.15, 0.2) is 5.78 Å². The Morgan fingerprint density at radius 1 is 1.03 bits per heavy atom. The first-order valence-electron chi connectivity index (χ1n) is 9.23. The van der Waals surface area contributed by atoms with Gasteiger partial charge >= 0.3 is 6.03 Å². The van der Waals surface area contributed by atoms with Gasteiger partial charge in [-0.05, 0) is 43.7 Å². The lowest BCUT2D eigenvalue weighted by atomic mass is 9.92. The van der Waals surface area contributed by atoms with Gasteiger partial charge in [-0.2, -0.15) is 0 Å². The lowest BCUT2D eigenvalue weighted by Crippen LogP contribution is -2.46. The van der Waals surface area contributed by atoms with Gasteiger partial charge in [0.05, 0.1) is 20.8 Å². The quantitative estimate of drug-likeness (QED) is 0.575. The SMILES string of the molecule is COc1ccc(C(C)=O)cc1CN1C(=O)N[C@@](C)(Cc2ccccc2OC)C1=O. The van der Waals surface area contributed by atoms with Gasteiger partial charge in [0.25, 0.3) is 5.91 Å². The highest BCUT2D eigenvalue weighted by Gasteiger charge is 2.48. The molecule has 0 bridgehead atoms. The molecule has 0 radical (unpaired) electrons. The minimum absolute atomic E-state index is 0.0104. The fourth-order valence-electron chi connectivity index (χ4n) is 3.53. The van der Waals surface area contributed by atoms with E-state index in [-0.39, 0.29) is 18.2 Å². The van der Waals surface area contributed by atoms with E-state index in [9.17, 15) is 14.4 Å². The van der Waals surface area contributed by atoms with Crippen molar-refractivity contribution in [2.45, 2.75) is 32.4 Å². The van der Waals surface area contributed by atoms with Gasteiger partial charge in [-0.25, -0.2) is 4.79 Å². The Balaban J connectivity index is 1.88. The Labute approximate surface area is 169 Å². The van der Waals surface area contributed by atoms with Crippen molar-refractivity contribution in [1.82, 2.24) is 10.2 Å². The van der Waals surface area contributed by atoms with Crippen LogP contribution in [0.4, 0.5) is 4.79 Å². The van der Waals surface area contributed by atoms with Crippen molar-refractivity contribution in [3.05, 3.63) is 59.2 Å².